The lowest BCUT2D eigenvalue weighted by Gasteiger charge is -2.12. The molecule has 0 radical (unpaired) electrons. The molecule has 2 N–H and O–H groups in total. The Morgan fingerprint density at radius 2 is 2.04 bits per heavy atom. The molecule has 5 nitrogen and oxygen atoms in total. The highest BCUT2D eigenvalue weighted by atomic mass is 35.5. The number of aromatic nitrogens is 1. The van der Waals surface area contributed by atoms with Gasteiger partial charge >= 0.3 is 0 Å². The molecule has 6 heteroatoms. The summed E-state index contributed by atoms with van der Waals surface area (Å²) in [7, 11) is 0. The molecule has 0 spiro atoms. The number of hydrogen-bond donors (Lipinski definition) is 2. The van der Waals surface area contributed by atoms with Crippen molar-refractivity contribution in [2.24, 2.45) is 0 Å². The van der Waals surface area contributed by atoms with Gasteiger partial charge in [0.05, 0.1) is 28.5 Å². The molecule has 118 valence electrons. The Morgan fingerprint density at radius 3 is 2.74 bits per heavy atom. The number of amides is 2. The smallest absolute Gasteiger partial charge is 0.247 e. The molecule has 0 saturated carbocycles. The van der Waals surface area contributed by atoms with Crippen LogP contribution in [-0.4, -0.2) is 16.8 Å². The summed E-state index contributed by atoms with van der Waals surface area (Å²) in [6, 6.07) is 8.63. The summed E-state index contributed by atoms with van der Waals surface area (Å²) in [5.74, 6) is -0.611. The fourth-order valence-corrected chi connectivity index (χ4v) is 2.26. The minimum absolute atomic E-state index is 0.0711. The number of rotatable bonds is 5. The molecule has 2 aromatic rings. The lowest BCUT2D eigenvalue weighted by molar-refractivity contribution is -0.115. The van der Waals surface area contributed by atoms with Gasteiger partial charge in [-0.25, -0.2) is 0 Å². The van der Waals surface area contributed by atoms with Crippen LogP contribution in [0.25, 0.3) is 0 Å². The Hall–Kier alpha value is -2.66. The van der Waals surface area contributed by atoms with Crippen LogP contribution in [-0.2, 0) is 16.0 Å². The first-order chi connectivity index (χ1) is 11.0. The number of carbonyl (C=O) groups is 2. The van der Waals surface area contributed by atoms with Crippen molar-refractivity contribution in [3.8, 4) is 0 Å². The van der Waals surface area contributed by atoms with Gasteiger partial charge in [-0.15, -0.1) is 0 Å². The summed E-state index contributed by atoms with van der Waals surface area (Å²) in [4.78, 5) is 27.9. The van der Waals surface area contributed by atoms with Crippen LogP contribution in [0.1, 0.15) is 11.3 Å². The number of hydrogen-bond acceptors (Lipinski definition) is 3. The molecule has 1 heterocycles. The molecule has 2 rings (SSSR count). The number of halogens is 1. The van der Waals surface area contributed by atoms with Gasteiger partial charge in [0.2, 0.25) is 11.8 Å². The van der Waals surface area contributed by atoms with Crippen LogP contribution in [0.5, 0.6) is 0 Å². The van der Waals surface area contributed by atoms with Gasteiger partial charge in [0.25, 0.3) is 0 Å². The molecule has 23 heavy (non-hydrogen) atoms. The predicted molar refractivity (Wildman–Crippen MR) is 91.6 cm³/mol. The number of carbonyl (C=O) groups excluding carboxylic acids is 2. The lowest BCUT2D eigenvalue weighted by atomic mass is 10.1. The highest BCUT2D eigenvalue weighted by molar-refractivity contribution is 6.34. The topological polar surface area (TPSA) is 71.1 Å². The first kappa shape index (κ1) is 16.7. The summed E-state index contributed by atoms with van der Waals surface area (Å²) < 4.78 is 0. The van der Waals surface area contributed by atoms with E-state index in [1.165, 1.54) is 0 Å². The van der Waals surface area contributed by atoms with Gasteiger partial charge in [-0.1, -0.05) is 30.3 Å². The Labute approximate surface area is 139 Å². The maximum Gasteiger partial charge on any atom is 0.247 e. The third-order valence-electron chi connectivity index (χ3n) is 3.17. The maximum atomic E-state index is 12.2. The van der Waals surface area contributed by atoms with Crippen molar-refractivity contribution in [3.63, 3.8) is 0 Å². The van der Waals surface area contributed by atoms with Crippen LogP contribution in [0.2, 0.25) is 5.02 Å². The second kappa shape index (κ2) is 7.56. The van der Waals surface area contributed by atoms with Gasteiger partial charge in [0.15, 0.2) is 0 Å². The van der Waals surface area contributed by atoms with E-state index < -0.39 is 0 Å². The van der Waals surface area contributed by atoms with E-state index in [1.807, 2.05) is 6.92 Å². The number of anilines is 2. The van der Waals surface area contributed by atoms with Crippen molar-refractivity contribution >= 4 is 34.8 Å². The van der Waals surface area contributed by atoms with E-state index in [0.717, 1.165) is 11.8 Å². The molecule has 0 unspecified atom stereocenters. The van der Waals surface area contributed by atoms with Crippen molar-refractivity contribution in [1.82, 2.24) is 4.98 Å². The quantitative estimate of drug-likeness (QED) is 0.826. The van der Waals surface area contributed by atoms with Gasteiger partial charge in [0.1, 0.15) is 0 Å². The lowest BCUT2D eigenvalue weighted by Crippen LogP contribution is -2.17. The van der Waals surface area contributed by atoms with E-state index in [9.17, 15) is 9.59 Å². The Morgan fingerprint density at radius 1 is 1.26 bits per heavy atom. The monoisotopic (exact) mass is 329 g/mol. The molecule has 0 aliphatic carbocycles. The highest BCUT2D eigenvalue weighted by Crippen LogP contribution is 2.26. The van der Waals surface area contributed by atoms with E-state index in [-0.39, 0.29) is 18.2 Å². The Bertz CT molecular complexity index is 759. The standard InChI is InChI=1S/C17H16ClN3O2/c1-3-15(22)21-17-12(6-4-7-13(17)18)10-16(23)20-14-8-5-9-19-11(14)2/h3-9H,1,10H2,2H3,(H,20,23)(H,21,22). The van der Waals surface area contributed by atoms with E-state index >= 15 is 0 Å². The van der Waals surface area contributed by atoms with Crippen LogP contribution in [0.15, 0.2) is 49.2 Å². The van der Waals surface area contributed by atoms with Gasteiger partial charge in [-0.2, -0.15) is 0 Å². The predicted octanol–water partition coefficient (Wildman–Crippen LogP) is 3.35. The summed E-state index contributed by atoms with van der Waals surface area (Å²) in [5.41, 5.74) is 2.41. The fourth-order valence-electron chi connectivity index (χ4n) is 2.01. The average molecular weight is 330 g/mol. The van der Waals surface area contributed by atoms with Crippen molar-refractivity contribution < 1.29 is 9.59 Å². The van der Waals surface area contributed by atoms with Crippen LogP contribution in [0.4, 0.5) is 11.4 Å². The molecule has 0 saturated heterocycles. The van der Waals surface area contributed by atoms with E-state index in [1.54, 1.807) is 36.5 Å². The normalized spacial score (nSPS) is 10.0. The van der Waals surface area contributed by atoms with Crippen molar-refractivity contribution in [1.29, 1.82) is 0 Å². The number of pyridine rings is 1. The van der Waals surface area contributed by atoms with Gasteiger partial charge in [-0.3, -0.25) is 14.6 Å². The Kier molecular flexibility index (Phi) is 5.49. The summed E-state index contributed by atoms with van der Waals surface area (Å²) >= 11 is 6.11. The summed E-state index contributed by atoms with van der Waals surface area (Å²) in [6.07, 6.45) is 2.87. The summed E-state index contributed by atoms with van der Waals surface area (Å²) in [5, 5.41) is 5.79. The van der Waals surface area contributed by atoms with Crippen molar-refractivity contribution in [2.75, 3.05) is 10.6 Å². The van der Waals surface area contributed by atoms with Crippen LogP contribution < -0.4 is 10.6 Å². The van der Waals surface area contributed by atoms with E-state index in [2.05, 4.69) is 22.2 Å². The van der Waals surface area contributed by atoms with E-state index in [0.29, 0.717) is 22.0 Å². The number of benzene rings is 1. The number of nitrogens with one attached hydrogen (secondary N) is 2. The molecular weight excluding hydrogens is 314 g/mol. The first-order valence-electron chi connectivity index (χ1n) is 6.93. The molecule has 0 bridgehead atoms. The van der Waals surface area contributed by atoms with Crippen LogP contribution in [0, 0.1) is 6.92 Å². The number of aryl methyl sites for hydroxylation is 1. The van der Waals surface area contributed by atoms with Gasteiger partial charge < -0.3 is 10.6 Å². The SMILES string of the molecule is C=CC(=O)Nc1c(Cl)cccc1CC(=O)Nc1cccnc1C. The fraction of sp³-hybridized carbons (Fsp3) is 0.118. The molecule has 1 aromatic carbocycles. The van der Waals surface area contributed by atoms with Crippen molar-refractivity contribution in [3.05, 3.63) is 65.5 Å². The van der Waals surface area contributed by atoms with Crippen LogP contribution >= 0.6 is 11.6 Å². The molecule has 0 fully saturated rings. The highest BCUT2D eigenvalue weighted by Gasteiger charge is 2.13. The molecular formula is C17H16ClN3O2. The van der Waals surface area contributed by atoms with Gasteiger partial charge in [0, 0.05) is 6.20 Å². The minimum Gasteiger partial charge on any atom is -0.324 e. The molecule has 0 aliphatic heterocycles. The zero-order chi connectivity index (χ0) is 16.8. The van der Waals surface area contributed by atoms with E-state index in [4.69, 9.17) is 11.6 Å². The molecule has 2 amide bonds. The minimum atomic E-state index is -0.386. The molecule has 0 aliphatic rings. The molecule has 0 atom stereocenters. The zero-order valence-electron chi connectivity index (χ0n) is 12.6. The second-order valence-corrected chi connectivity index (χ2v) is 5.24. The number of para-hydroxylation sites is 1. The van der Waals surface area contributed by atoms with Crippen LogP contribution in [0.3, 0.4) is 0 Å². The second-order valence-electron chi connectivity index (χ2n) is 4.83. The summed E-state index contributed by atoms with van der Waals surface area (Å²) in [6.45, 7) is 5.21. The third kappa shape index (κ3) is 4.40. The number of nitrogens with zero attached hydrogens (tertiary/aromatic N) is 1. The average Bonchev–Trinajstić information content (AvgIpc) is 2.52. The Balaban J connectivity index is 2.18. The maximum absolute atomic E-state index is 12.2. The van der Waals surface area contributed by atoms with Crippen molar-refractivity contribution in [2.45, 2.75) is 13.3 Å². The third-order valence-corrected chi connectivity index (χ3v) is 3.48. The molecule has 1 aromatic heterocycles. The first-order valence-corrected chi connectivity index (χ1v) is 7.31. The largest absolute Gasteiger partial charge is 0.324 e. The zero-order valence-corrected chi connectivity index (χ0v) is 13.4. The van der Waals surface area contributed by atoms with Gasteiger partial charge in [-0.05, 0) is 36.8 Å².